The smallest absolute Gasteiger partial charge is 0.0914 e. The normalized spacial score (nSPS) is 27.2. The summed E-state index contributed by atoms with van der Waals surface area (Å²) < 4.78 is 5.83. The van der Waals surface area contributed by atoms with E-state index in [1.807, 2.05) is 12.1 Å². The standard InChI is InChI=1S/C18H27NO2/c1-12(2)13-3-5-14(6-4-13)17(20)11-19-16-9-10-21-18(16)15-7-8-15/h3-6,12,15-20H,7-11H2,1-2H3. The molecule has 3 atom stereocenters. The first kappa shape index (κ1) is 15.0. The van der Waals surface area contributed by atoms with Gasteiger partial charge in [0.2, 0.25) is 0 Å². The molecular weight excluding hydrogens is 262 g/mol. The van der Waals surface area contributed by atoms with Crippen molar-refractivity contribution in [3.05, 3.63) is 35.4 Å². The van der Waals surface area contributed by atoms with Crippen LogP contribution >= 0.6 is 0 Å². The summed E-state index contributed by atoms with van der Waals surface area (Å²) >= 11 is 0. The first-order valence-corrected chi connectivity index (χ1v) is 8.28. The molecule has 1 saturated heterocycles. The van der Waals surface area contributed by atoms with Crippen LogP contribution in [0.15, 0.2) is 24.3 Å². The van der Waals surface area contributed by atoms with Crippen LogP contribution in [0.25, 0.3) is 0 Å². The number of aliphatic hydroxyl groups is 1. The summed E-state index contributed by atoms with van der Waals surface area (Å²) in [5, 5.41) is 13.9. The van der Waals surface area contributed by atoms with E-state index in [9.17, 15) is 5.11 Å². The third-order valence-corrected chi connectivity index (χ3v) is 4.78. The molecule has 2 aliphatic rings. The number of hydrogen-bond donors (Lipinski definition) is 2. The molecule has 0 bridgehead atoms. The van der Waals surface area contributed by atoms with E-state index in [2.05, 4.69) is 31.3 Å². The lowest BCUT2D eigenvalue weighted by Gasteiger charge is -2.21. The zero-order valence-corrected chi connectivity index (χ0v) is 13.1. The van der Waals surface area contributed by atoms with Crippen molar-refractivity contribution in [1.29, 1.82) is 0 Å². The fourth-order valence-electron chi connectivity index (χ4n) is 3.20. The second-order valence-corrected chi connectivity index (χ2v) is 6.81. The van der Waals surface area contributed by atoms with Crippen molar-refractivity contribution >= 4 is 0 Å². The monoisotopic (exact) mass is 289 g/mol. The molecule has 3 heteroatoms. The van der Waals surface area contributed by atoms with E-state index in [0.29, 0.717) is 24.6 Å². The molecule has 2 N–H and O–H groups in total. The van der Waals surface area contributed by atoms with Crippen molar-refractivity contribution < 1.29 is 9.84 Å². The maximum atomic E-state index is 10.3. The minimum Gasteiger partial charge on any atom is -0.387 e. The number of rotatable bonds is 6. The molecule has 3 nitrogen and oxygen atoms in total. The van der Waals surface area contributed by atoms with Crippen LogP contribution < -0.4 is 5.32 Å². The first-order valence-electron chi connectivity index (χ1n) is 8.28. The fourth-order valence-corrected chi connectivity index (χ4v) is 3.20. The Kier molecular flexibility index (Phi) is 4.63. The number of benzene rings is 1. The van der Waals surface area contributed by atoms with Crippen molar-refractivity contribution in [3.63, 3.8) is 0 Å². The van der Waals surface area contributed by atoms with Crippen LogP contribution in [0.2, 0.25) is 0 Å². The zero-order chi connectivity index (χ0) is 14.8. The SMILES string of the molecule is CC(C)c1ccc(C(O)CNC2CCOC2C2CC2)cc1. The maximum Gasteiger partial charge on any atom is 0.0914 e. The molecular formula is C18H27NO2. The van der Waals surface area contributed by atoms with Crippen LogP contribution in [0, 0.1) is 5.92 Å². The minimum atomic E-state index is -0.438. The van der Waals surface area contributed by atoms with Gasteiger partial charge >= 0.3 is 0 Å². The number of aliphatic hydroxyl groups excluding tert-OH is 1. The Hall–Kier alpha value is -0.900. The Balaban J connectivity index is 1.52. The molecule has 1 aliphatic heterocycles. The fraction of sp³-hybridized carbons (Fsp3) is 0.667. The molecule has 0 aromatic heterocycles. The van der Waals surface area contributed by atoms with Gasteiger partial charge < -0.3 is 15.2 Å². The van der Waals surface area contributed by atoms with Gasteiger partial charge in [-0.15, -0.1) is 0 Å². The molecule has 116 valence electrons. The van der Waals surface area contributed by atoms with Gasteiger partial charge in [0.15, 0.2) is 0 Å². The molecule has 1 aliphatic carbocycles. The Morgan fingerprint density at radius 2 is 1.81 bits per heavy atom. The number of ether oxygens (including phenoxy) is 1. The van der Waals surface area contributed by atoms with E-state index < -0.39 is 6.10 Å². The molecule has 0 spiro atoms. The average molecular weight is 289 g/mol. The highest BCUT2D eigenvalue weighted by atomic mass is 16.5. The van der Waals surface area contributed by atoms with Crippen LogP contribution in [0.5, 0.6) is 0 Å². The lowest BCUT2D eigenvalue weighted by Crippen LogP contribution is -2.39. The summed E-state index contributed by atoms with van der Waals surface area (Å²) in [6, 6.07) is 8.75. The Morgan fingerprint density at radius 1 is 1.14 bits per heavy atom. The van der Waals surface area contributed by atoms with Gasteiger partial charge in [-0.05, 0) is 42.2 Å². The van der Waals surface area contributed by atoms with Crippen molar-refractivity contribution in [2.75, 3.05) is 13.2 Å². The van der Waals surface area contributed by atoms with E-state index in [1.54, 1.807) is 0 Å². The predicted molar refractivity (Wildman–Crippen MR) is 84.4 cm³/mol. The van der Waals surface area contributed by atoms with Gasteiger partial charge in [-0.1, -0.05) is 38.1 Å². The highest BCUT2D eigenvalue weighted by Crippen LogP contribution is 2.38. The van der Waals surface area contributed by atoms with Gasteiger partial charge in [-0.25, -0.2) is 0 Å². The van der Waals surface area contributed by atoms with Gasteiger partial charge in [0, 0.05) is 19.2 Å². The topological polar surface area (TPSA) is 41.5 Å². The van der Waals surface area contributed by atoms with Crippen LogP contribution in [0.1, 0.15) is 56.3 Å². The molecule has 1 heterocycles. The quantitative estimate of drug-likeness (QED) is 0.846. The van der Waals surface area contributed by atoms with Crippen molar-refractivity contribution in [2.45, 2.75) is 57.3 Å². The molecule has 0 radical (unpaired) electrons. The summed E-state index contributed by atoms with van der Waals surface area (Å²) in [6.45, 7) is 5.84. The third kappa shape index (κ3) is 3.65. The minimum absolute atomic E-state index is 0.375. The summed E-state index contributed by atoms with van der Waals surface area (Å²) in [7, 11) is 0. The molecule has 2 fully saturated rings. The van der Waals surface area contributed by atoms with E-state index in [-0.39, 0.29) is 0 Å². The Bertz CT molecular complexity index is 453. The highest BCUT2D eigenvalue weighted by molar-refractivity contribution is 5.26. The molecule has 1 aromatic carbocycles. The predicted octanol–water partition coefficient (Wildman–Crippen LogP) is 3.00. The van der Waals surface area contributed by atoms with E-state index in [1.165, 1.54) is 18.4 Å². The van der Waals surface area contributed by atoms with Gasteiger partial charge in [0.1, 0.15) is 0 Å². The first-order chi connectivity index (χ1) is 10.1. The van der Waals surface area contributed by atoms with Gasteiger partial charge in [0.05, 0.1) is 12.2 Å². The van der Waals surface area contributed by atoms with Gasteiger partial charge in [-0.3, -0.25) is 0 Å². The summed E-state index contributed by atoms with van der Waals surface area (Å²) in [5.41, 5.74) is 2.31. The molecule has 1 aromatic rings. The zero-order valence-electron chi connectivity index (χ0n) is 13.1. The van der Waals surface area contributed by atoms with E-state index >= 15 is 0 Å². The van der Waals surface area contributed by atoms with Crippen molar-refractivity contribution in [3.8, 4) is 0 Å². The van der Waals surface area contributed by atoms with Gasteiger partial charge in [-0.2, -0.15) is 0 Å². The molecule has 21 heavy (non-hydrogen) atoms. The van der Waals surface area contributed by atoms with Crippen molar-refractivity contribution in [1.82, 2.24) is 5.32 Å². The van der Waals surface area contributed by atoms with Gasteiger partial charge in [0.25, 0.3) is 0 Å². The second kappa shape index (κ2) is 6.47. The van der Waals surface area contributed by atoms with E-state index in [0.717, 1.165) is 24.5 Å². The lowest BCUT2D eigenvalue weighted by atomic mass is 9.99. The maximum absolute atomic E-state index is 10.3. The summed E-state index contributed by atoms with van der Waals surface area (Å²) in [5.74, 6) is 1.29. The Labute approximate surface area is 127 Å². The van der Waals surface area contributed by atoms with Crippen LogP contribution in [-0.4, -0.2) is 30.4 Å². The largest absolute Gasteiger partial charge is 0.387 e. The van der Waals surface area contributed by atoms with Crippen LogP contribution in [0.4, 0.5) is 0 Å². The molecule has 1 saturated carbocycles. The number of hydrogen-bond acceptors (Lipinski definition) is 3. The van der Waals surface area contributed by atoms with Crippen LogP contribution in [0.3, 0.4) is 0 Å². The van der Waals surface area contributed by atoms with Crippen molar-refractivity contribution in [2.24, 2.45) is 5.92 Å². The molecule has 0 amide bonds. The average Bonchev–Trinajstić information content (AvgIpc) is 3.23. The lowest BCUT2D eigenvalue weighted by molar-refractivity contribution is 0.0770. The summed E-state index contributed by atoms with van der Waals surface area (Å²) in [6.07, 6.45) is 3.62. The second-order valence-electron chi connectivity index (χ2n) is 6.81. The highest BCUT2D eigenvalue weighted by Gasteiger charge is 2.40. The van der Waals surface area contributed by atoms with E-state index in [4.69, 9.17) is 4.74 Å². The molecule has 3 rings (SSSR count). The Morgan fingerprint density at radius 3 is 2.43 bits per heavy atom. The number of nitrogens with one attached hydrogen (secondary N) is 1. The van der Waals surface area contributed by atoms with Crippen LogP contribution in [-0.2, 0) is 4.74 Å². The molecule has 3 unspecified atom stereocenters. The third-order valence-electron chi connectivity index (χ3n) is 4.78. The summed E-state index contributed by atoms with van der Waals surface area (Å²) in [4.78, 5) is 0.